The third-order valence-electron chi connectivity index (χ3n) is 5.49. The summed E-state index contributed by atoms with van der Waals surface area (Å²) in [5.41, 5.74) is 1.51. The van der Waals surface area contributed by atoms with Gasteiger partial charge >= 0.3 is 11.9 Å². The molecular formula is C27H20N2O6. The van der Waals surface area contributed by atoms with Gasteiger partial charge in [0.05, 0.1) is 24.1 Å². The SMILES string of the molecule is CCOC(=O)c1c(-c2ccccc2)oc2ccc(OC(=O)Cc3n[nH]c(=O)c4ccccc34)cc12. The summed E-state index contributed by atoms with van der Waals surface area (Å²) in [4.78, 5) is 37.5. The number of H-pyrrole nitrogens is 1. The van der Waals surface area contributed by atoms with Gasteiger partial charge in [-0.3, -0.25) is 9.59 Å². The minimum Gasteiger partial charge on any atom is -0.462 e. The van der Waals surface area contributed by atoms with Gasteiger partial charge in [-0.05, 0) is 31.2 Å². The normalized spacial score (nSPS) is 11.0. The second-order valence-electron chi connectivity index (χ2n) is 7.75. The number of rotatable bonds is 6. The second kappa shape index (κ2) is 9.26. The molecule has 0 aliphatic carbocycles. The summed E-state index contributed by atoms with van der Waals surface area (Å²) in [6.45, 7) is 1.93. The van der Waals surface area contributed by atoms with E-state index in [1.54, 1.807) is 49.4 Å². The Bertz CT molecular complexity index is 1620. The Morgan fingerprint density at radius 2 is 1.69 bits per heavy atom. The Labute approximate surface area is 199 Å². The van der Waals surface area contributed by atoms with E-state index in [1.165, 1.54) is 0 Å². The minimum atomic E-state index is -0.571. The summed E-state index contributed by atoms with van der Waals surface area (Å²) in [7, 11) is 0. The average molecular weight is 468 g/mol. The van der Waals surface area contributed by atoms with Crippen LogP contribution in [-0.4, -0.2) is 28.7 Å². The number of nitrogens with zero attached hydrogens (tertiary/aromatic N) is 1. The molecule has 0 unspecified atom stereocenters. The van der Waals surface area contributed by atoms with Crippen LogP contribution >= 0.6 is 0 Å². The van der Waals surface area contributed by atoms with Crippen molar-refractivity contribution in [2.24, 2.45) is 0 Å². The fourth-order valence-electron chi connectivity index (χ4n) is 3.95. The fraction of sp³-hybridized carbons (Fsp3) is 0.111. The molecule has 0 atom stereocenters. The highest BCUT2D eigenvalue weighted by molar-refractivity contribution is 6.09. The first-order valence-corrected chi connectivity index (χ1v) is 11.0. The molecule has 8 nitrogen and oxygen atoms in total. The van der Waals surface area contributed by atoms with Crippen LogP contribution in [0.2, 0.25) is 0 Å². The number of furan rings is 1. The van der Waals surface area contributed by atoms with E-state index in [1.807, 2.05) is 30.3 Å². The minimum absolute atomic E-state index is 0.152. The van der Waals surface area contributed by atoms with Crippen molar-refractivity contribution in [1.82, 2.24) is 10.2 Å². The number of aromatic amines is 1. The van der Waals surface area contributed by atoms with Crippen molar-refractivity contribution in [3.63, 3.8) is 0 Å². The summed E-state index contributed by atoms with van der Waals surface area (Å²) in [6, 6.07) is 20.9. The van der Waals surface area contributed by atoms with E-state index in [4.69, 9.17) is 13.9 Å². The number of esters is 2. The monoisotopic (exact) mass is 468 g/mol. The zero-order chi connectivity index (χ0) is 24.4. The number of nitrogens with one attached hydrogen (secondary N) is 1. The van der Waals surface area contributed by atoms with E-state index < -0.39 is 11.9 Å². The highest BCUT2D eigenvalue weighted by Crippen LogP contribution is 2.36. The largest absolute Gasteiger partial charge is 0.462 e. The van der Waals surface area contributed by atoms with Gasteiger partial charge in [0, 0.05) is 16.3 Å². The molecule has 0 saturated carbocycles. The molecule has 3 aromatic carbocycles. The first kappa shape index (κ1) is 22.1. The maximum absolute atomic E-state index is 12.8. The summed E-state index contributed by atoms with van der Waals surface area (Å²) in [5.74, 6) is -0.482. The van der Waals surface area contributed by atoms with Gasteiger partial charge < -0.3 is 13.9 Å². The van der Waals surface area contributed by atoms with Gasteiger partial charge in [-0.1, -0.05) is 48.5 Å². The van der Waals surface area contributed by atoms with Crippen LogP contribution in [0, 0.1) is 0 Å². The molecule has 1 N–H and O–H groups in total. The molecule has 0 aliphatic rings. The molecule has 5 aromatic rings. The number of benzene rings is 3. The Balaban J connectivity index is 1.48. The van der Waals surface area contributed by atoms with E-state index >= 15 is 0 Å². The molecule has 0 radical (unpaired) electrons. The standard InChI is InChI=1S/C27H20N2O6/c1-2-33-27(32)24-20-14-17(12-13-22(20)35-25(24)16-8-4-3-5-9-16)34-23(30)15-21-18-10-6-7-11-19(18)26(31)29-28-21/h3-14H,2,15H2,1H3,(H,29,31). The first-order chi connectivity index (χ1) is 17.0. The van der Waals surface area contributed by atoms with Crippen LogP contribution in [0.4, 0.5) is 0 Å². The van der Waals surface area contributed by atoms with E-state index in [0.717, 1.165) is 5.56 Å². The predicted molar refractivity (Wildman–Crippen MR) is 129 cm³/mol. The molecular weight excluding hydrogens is 448 g/mol. The molecule has 0 saturated heterocycles. The van der Waals surface area contributed by atoms with Crippen LogP contribution in [0.15, 0.2) is 82.0 Å². The topological polar surface area (TPSA) is 111 Å². The molecule has 0 fully saturated rings. The number of hydrogen-bond donors (Lipinski definition) is 1. The molecule has 0 spiro atoms. The van der Waals surface area contributed by atoms with Crippen LogP contribution in [0.1, 0.15) is 23.0 Å². The van der Waals surface area contributed by atoms with E-state index in [2.05, 4.69) is 10.2 Å². The molecule has 8 heteroatoms. The maximum Gasteiger partial charge on any atom is 0.342 e. The molecule has 0 bridgehead atoms. The van der Waals surface area contributed by atoms with Gasteiger partial charge in [-0.25, -0.2) is 9.89 Å². The molecule has 2 heterocycles. The average Bonchev–Trinajstić information content (AvgIpc) is 3.25. The lowest BCUT2D eigenvalue weighted by molar-refractivity contribution is -0.133. The number of carbonyl (C=O) groups excluding carboxylic acids is 2. The third kappa shape index (κ3) is 4.29. The molecule has 2 aromatic heterocycles. The second-order valence-corrected chi connectivity index (χ2v) is 7.75. The molecule has 0 amide bonds. The number of carbonyl (C=O) groups is 2. The van der Waals surface area contributed by atoms with E-state index in [0.29, 0.717) is 33.2 Å². The summed E-state index contributed by atoms with van der Waals surface area (Å²) in [6.07, 6.45) is -0.152. The third-order valence-corrected chi connectivity index (χ3v) is 5.49. The van der Waals surface area contributed by atoms with Gasteiger partial charge in [0.1, 0.15) is 22.7 Å². The molecule has 174 valence electrons. The smallest absolute Gasteiger partial charge is 0.342 e. The Hall–Kier alpha value is -4.72. The Kier molecular flexibility index (Phi) is 5.85. The van der Waals surface area contributed by atoms with Crippen molar-refractivity contribution >= 4 is 33.7 Å². The molecule has 0 aliphatic heterocycles. The lowest BCUT2D eigenvalue weighted by atomic mass is 10.1. The Morgan fingerprint density at radius 3 is 2.46 bits per heavy atom. The van der Waals surface area contributed by atoms with Crippen LogP contribution in [0.25, 0.3) is 33.1 Å². The lowest BCUT2D eigenvalue weighted by Crippen LogP contribution is -2.16. The van der Waals surface area contributed by atoms with Gasteiger partial charge in [0.2, 0.25) is 0 Å². The van der Waals surface area contributed by atoms with E-state index in [9.17, 15) is 14.4 Å². The van der Waals surface area contributed by atoms with Crippen LogP contribution in [0.3, 0.4) is 0 Å². The predicted octanol–water partition coefficient (Wildman–Crippen LogP) is 4.66. The number of ether oxygens (including phenoxy) is 2. The van der Waals surface area contributed by atoms with Crippen molar-refractivity contribution in [2.45, 2.75) is 13.3 Å². The maximum atomic E-state index is 12.8. The molecule has 5 rings (SSSR count). The Morgan fingerprint density at radius 1 is 0.943 bits per heavy atom. The van der Waals surface area contributed by atoms with Gasteiger partial charge in [-0.15, -0.1) is 0 Å². The van der Waals surface area contributed by atoms with Gasteiger partial charge in [0.25, 0.3) is 5.56 Å². The quantitative estimate of drug-likeness (QED) is 0.285. The lowest BCUT2D eigenvalue weighted by Gasteiger charge is -2.07. The van der Waals surface area contributed by atoms with Gasteiger partial charge in [0.15, 0.2) is 0 Å². The first-order valence-electron chi connectivity index (χ1n) is 11.0. The summed E-state index contributed by atoms with van der Waals surface area (Å²) >= 11 is 0. The highest BCUT2D eigenvalue weighted by atomic mass is 16.5. The van der Waals surface area contributed by atoms with Crippen molar-refractivity contribution in [1.29, 1.82) is 0 Å². The van der Waals surface area contributed by atoms with E-state index in [-0.39, 0.29) is 29.9 Å². The molecule has 35 heavy (non-hydrogen) atoms. The van der Waals surface area contributed by atoms with Crippen LogP contribution in [0.5, 0.6) is 5.75 Å². The van der Waals surface area contributed by atoms with Crippen molar-refractivity contribution in [2.75, 3.05) is 6.61 Å². The number of fused-ring (bicyclic) bond motifs is 2. The van der Waals surface area contributed by atoms with Gasteiger partial charge in [-0.2, -0.15) is 5.10 Å². The van der Waals surface area contributed by atoms with Crippen LogP contribution in [-0.2, 0) is 16.0 Å². The van der Waals surface area contributed by atoms with Crippen molar-refractivity contribution in [3.8, 4) is 17.1 Å². The fourth-order valence-corrected chi connectivity index (χ4v) is 3.95. The summed E-state index contributed by atoms with van der Waals surface area (Å²) < 4.78 is 16.8. The van der Waals surface area contributed by atoms with Crippen LogP contribution < -0.4 is 10.3 Å². The number of aromatic nitrogens is 2. The zero-order valence-corrected chi connectivity index (χ0v) is 18.7. The van der Waals surface area contributed by atoms with Crippen molar-refractivity contribution in [3.05, 3.63) is 94.4 Å². The van der Waals surface area contributed by atoms with Crippen molar-refractivity contribution < 1.29 is 23.5 Å². The zero-order valence-electron chi connectivity index (χ0n) is 18.7. The summed E-state index contributed by atoms with van der Waals surface area (Å²) in [5, 5.41) is 7.92. The number of hydrogen-bond acceptors (Lipinski definition) is 7. The highest BCUT2D eigenvalue weighted by Gasteiger charge is 2.24.